The molecule has 5 heteroatoms. The van der Waals surface area contributed by atoms with Gasteiger partial charge in [0.2, 0.25) is 5.91 Å². The van der Waals surface area contributed by atoms with E-state index in [2.05, 4.69) is 37.2 Å². The van der Waals surface area contributed by atoms with E-state index in [0.29, 0.717) is 23.0 Å². The van der Waals surface area contributed by atoms with Crippen molar-refractivity contribution in [2.75, 3.05) is 10.6 Å². The Bertz CT molecular complexity index is 412. The Labute approximate surface area is 105 Å². The van der Waals surface area contributed by atoms with Crippen molar-refractivity contribution >= 4 is 43.5 Å². The number of nitrogens with one attached hydrogen (secondary N) is 1. The summed E-state index contributed by atoms with van der Waals surface area (Å²) in [5.41, 5.74) is 0.999. The third kappa shape index (κ3) is 3.65. The maximum atomic E-state index is 11.3. The van der Waals surface area contributed by atoms with Gasteiger partial charge < -0.3 is 5.32 Å². The predicted molar refractivity (Wildman–Crippen MR) is 65.9 cm³/mol. The van der Waals surface area contributed by atoms with Gasteiger partial charge in [0.15, 0.2) is 0 Å². The summed E-state index contributed by atoms with van der Waals surface area (Å²) in [5.74, 6) is -0.106. The summed E-state index contributed by atoms with van der Waals surface area (Å²) in [6.07, 6.45) is 0.390. The van der Waals surface area contributed by atoms with Crippen LogP contribution in [0.5, 0.6) is 0 Å². The number of hydrogen-bond donors (Lipinski definition) is 1. The van der Waals surface area contributed by atoms with Gasteiger partial charge in [0.1, 0.15) is 6.07 Å². The molecule has 1 aromatic carbocycles. The van der Waals surface area contributed by atoms with E-state index in [4.69, 9.17) is 5.26 Å². The minimum absolute atomic E-state index is 0.106. The molecular weight excluding hydrogens is 324 g/mol. The molecule has 0 spiro atoms. The molecule has 1 amide bonds. The van der Waals surface area contributed by atoms with Gasteiger partial charge in [-0.05, 0) is 18.2 Å². The number of benzene rings is 1. The Balaban J connectivity index is 2.86. The molecule has 0 aliphatic carbocycles. The number of halogens is 2. The average Bonchev–Trinajstić information content (AvgIpc) is 2.21. The molecular formula is C10H8Br2N2O. The molecule has 0 bridgehead atoms. The summed E-state index contributed by atoms with van der Waals surface area (Å²) >= 11 is 6.44. The molecule has 0 saturated heterocycles. The lowest BCUT2D eigenvalue weighted by Crippen LogP contribution is -2.12. The van der Waals surface area contributed by atoms with Crippen LogP contribution in [-0.2, 0) is 4.79 Å². The second kappa shape index (κ2) is 5.89. The molecule has 1 rings (SSSR count). The monoisotopic (exact) mass is 330 g/mol. The minimum atomic E-state index is -0.106. The third-order valence-electron chi connectivity index (χ3n) is 1.70. The fraction of sp³-hybridized carbons (Fsp3) is 0.200. The number of amides is 1. The summed E-state index contributed by atoms with van der Waals surface area (Å²) in [6.45, 7) is 0. The zero-order chi connectivity index (χ0) is 11.3. The number of alkyl halides is 1. The van der Waals surface area contributed by atoms with Crippen molar-refractivity contribution in [3.63, 3.8) is 0 Å². The number of carbonyl (C=O) groups excluding carboxylic acids is 1. The molecule has 0 aromatic heterocycles. The molecule has 0 aliphatic heterocycles. The van der Waals surface area contributed by atoms with Gasteiger partial charge in [0.25, 0.3) is 0 Å². The molecule has 0 fully saturated rings. The zero-order valence-corrected chi connectivity index (χ0v) is 10.9. The molecule has 1 aromatic rings. The Hall–Kier alpha value is -0.860. The van der Waals surface area contributed by atoms with Gasteiger partial charge in [-0.2, -0.15) is 5.26 Å². The summed E-state index contributed by atoms with van der Waals surface area (Å²) in [5, 5.41) is 12.1. The van der Waals surface area contributed by atoms with Crippen molar-refractivity contribution in [2.45, 2.75) is 6.42 Å². The van der Waals surface area contributed by atoms with E-state index in [1.165, 1.54) is 0 Å². The van der Waals surface area contributed by atoms with Crippen molar-refractivity contribution in [3.8, 4) is 6.07 Å². The number of carbonyl (C=O) groups is 1. The van der Waals surface area contributed by atoms with Gasteiger partial charge in [-0.1, -0.05) is 31.9 Å². The van der Waals surface area contributed by atoms with Gasteiger partial charge in [-0.3, -0.25) is 4.79 Å². The lowest BCUT2D eigenvalue weighted by Gasteiger charge is -2.06. The topological polar surface area (TPSA) is 52.9 Å². The molecule has 1 N–H and O–H groups in total. The first kappa shape index (κ1) is 12.2. The highest BCUT2D eigenvalue weighted by atomic mass is 79.9. The van der Waals surface area contributed by atoms with Crippen molar-refractivity contribution in [2.24, 2.45) is 0 Å². The molecule has 0 unspecified atom stereocenters. The van der Waals surface area contributed by atoms with Gasteiger partial charge in [0.05, 0.1) is 11.3 Å². The summed E-state index contributed by atoms with van der Waals surface area (Å²) in [4.78, 5) is 11.3. The first-order valence-corrected chi connectivity index (χ1v) is 6.14. The van der Waals surface area contributed by atoms with E-state index in [1.54, 1.807) is 18.2 Å². The molecule has 0 radical (unpaired) electrons. The fourth-order valence-electron chi connectivity index (χ4n) is 1.02. The smallest absolute Gasteiger partial charge is 0.225 e. The van der Waals surface area contributed by atoms with Crippen LogP contribution in [0.4, 0.5) is 5.69 Å². The zero-order valence-electron chi connectivity index (χ0n) is 7.76. The van der Waals surface area contributed by atoms with Crippen molar-refractivity contribution in [1.82, 2.24) is 0 Å². The lowest BCUT2D eigenvalue weighted by atomic mass is 10.2. The molecule has 0 saturated carbocycles. The minimum Gasteiger partial charge on any atom is -0.325 e. The van der Waals surface area contributed by atoms with Crippen LogP contribution in [-0.4, -0.2) is 11.2 Å². The van der Waals surface area contributed by atoms with E-state index in [9.17, 15) is 4.79 Å². The first-order chi connectivity index (χ1) is 7.17. The molecule has 78 valence electrons. The summed E-state index contributed by atoms with van der Waals surface area (Å²) in [7, 11) is 0. The second-order valence-corrected chi connectivity index (χ2v) is 4.50. The van der Waals surface area contributed by atoms with Crippen LogP contribution >= 0.6 is 31.9 Å². The highest BCUT2D eigenvalue weighted by molar-refractivity contribution is 9.10. The number of rotatable bonds is 3. The Morgan fingerprint density at radius 1 is 1.53 bits per heavy atom. The van der Waals surface area contributed by atoms with Crippen LogP contribution in [0.2, 0.25) is 0 Å². The SMILES string of the molecule is N#Cc1cc(Br)ccc1NC(=O)CCBr. The van der Waals surface area contributed by atoms with Gasteiger partial charge in [-0.15, -0.1) is 0 Å². The normalized spacial score (nSPS) is 9.40. The molecule has 0 heterocycles. The van der Waals surface area contributed by atoms with E-state index < -0.39 is 0 Å². The lowest BCUT2D eigenvalue weighted by molar-refractivity contribution is -0.115. The van der Waals surface area contributed by atoms with Crippen molar-refractivity contribution < 1.29 is 4.79 Å². The van der Waals surface area contributed by atoms with Crippen LogP contribution < -0.4 is 5.32 Å². The maximum Gasteiger partial charge on any atom is 0.225 e. The summed E-state index contributed by atoms with van der Waals surface area (Å²) < 4.78 is 0.817. The Morgan fingerprint density at radius 2 is 2.27 bits per heavy atom. The third-order valence-corrected chi connectivity index (χ3v) is 2.59. The van der Waals surface area contributed by atoms with E-state index in [1.807, 2.05) is 6.07 Å². The average molecular weight is 332 g/mol. The molecule has 0 aliphatic rings. The number of nitriles is 1. The van der Waals surface area contributed by atoms with Crippen LogP contribution in [0, 0.1) is 11.3 Å². The highest BCUT2D eigenvalue weighted by Crippen LogP contribution is 2.20. The van der Waals surface area contributed by atoms with Crippen molar-refractivity contribution in [3.05, 3.63) is 28.2 Å². The molecule has 15 heavy (non-hydrogen) atoms. The van der Waals surface area contributed by atoms with Crippen LogP contribution in [0.1, 0.15) is 12.0 Å². The largest absolute Gasteiger partial charge is 0.325 e. The highest BCUT2D eigenvalue weighted by Gasteiger charge is 2.06. The second-order valence-electron chi connectivity index (χ2n) is 2.79. The quantitative estimate of drug-likeness (QED) is 0.865. The number of anilines is 1. The summed E-state index contributed by atoms with van der Waals surface area (Å²) in [6, 6.07) is 7.18. The molecule has 3 nitrogen and oxygen atoms in total. The van der Waals surface area contributed by atoms with Crippen LogP contribution in [0.15, 0.2) is 22.7 Å². The first-order valence-electron chi connectivity index (χ1n) is 4.23. The standard InChI is InChI=1S/C10H8Br2N2O/c11-4-3-10(15)14-9-2-1-8(12)5-7(9)6-13/h1-2,5H,3-4H2,(H,14,15). The van der Waals surface area contributed by atoms with Gasteiger partial charge in [0, 0.05) is 16.2 Å². The maximum absolute atomic E-state index is 11.3. The number of nitrogens with zero attached hydrogens (tertiary/aromatic N) is 1. The van der Waals surface area contributed by atoms with E-state index >= 15 is 0 Å². The Kier molecular flexibility index (Phi) is 4.79. The van der Waals surface area contributed by atoms with Crippen LogP contribution in [0.3, 0.4) is 0 Å². The Morgan fingerprint density at radius 3 is 2.87 bits per heavy atom. The van der Waals surface area contributed by atoms with Crippen LogP contribution in [0.25, 0.3) is 0 Å². The molecule has 0 atom stereocenters. The van der Waals surface area contributed by atoms with Gasteiger partial charge >= 0.3 is 0 Å². The van der Waals surface area contributed by atoms with Gasteiger partial charge in [-0.25, -0.2) is 0 Å². The predicted octanol–water partition coefficient (Wildman–Crippen LogP) is 3.04. The van der Waals surface area contributed by atoms with E-state index in [0.717, 1.165) is 4.47 Å². The number of hydrogen-bond acceptors (Lipinski definition) is 2. The fourth-order valence-corrected chi connectivity index (χ4v) is 1.74. The van der Waals surface area contributed by atoms with E-state index in [-0.39, 0.29) is 5.91 Å². The van der Waals surface area contributed by atoms with Crippen molar-refractivity contribution in [1.29, 1.82) is 5.26 Å².